The Bertz CT molecular complexity index is 376. The molecule has 1 rings (SSSR count). The van der Waals surface area contributed by atoms with Gasteiger partial charge in [0.15, 0.2) is 0 Å². The van der Waals surface area contributed by atoms with E-state index >= 15 is 0 Å². The SMILES string of the molecule is CC(C)N(Cc1ccc(Cl)nc1)C(=O)[C@H](C)N. The molecule has 0 aliphatic rings. The highest BCUT2D eigenvalue weighted by Crippen LogP contribution is 2.11. The number of halogens is 1. The fourth-order valence-corrected chi connectivity index (χ4v) is 1.58. The molecule has 0 saturated heterocycles. The third-order valence-corrected chi connectivity index (χ3v) is 2.66. The molecule has 0 saturated carbocycles. The highest BCUT2D eigenvalue weighted by molar-refractivity contribution is 6.29. The van der Waals surface area contributed by atoms with Crippen molar-refractivity contribution in [3.63, 3.8) is 0 Å². The van der Waals surface area contributed by atoms with Gasteiger partial charge in [0.2, 0.25) is 5.91 Å². The Labute approximate surface area is 107 Å². The van der Waals surface area contributed by atoms with Crippen LogP contribution in [-0.2, 0) is 11.3 Å². The van der Waals surface area contributed by atoms with Gasteiger partial charge in [-0.25, -0.2) is 4.98 Å². The van der Waals surface area contributed by atoms with E-state index in [1.165, 1.54) is 0 Å². The molecular formula is C12H18ClN3O. The second-order valence-corrected chi connectivity index (χ2v) is 4.72. The van der Waals surface area contributed by atoms with Gasteiger partial charge in [-0.1, -0.05) is 17.7 Å². The Hall–Kier alpha value is -1.13. The van der Waals surface area contributed by atoms with E-state index in [-0.39, 0.29) is 11.9 Å². The number of carbonyl (C=O) groups is 1. The predicted molar refractivity (Wildman–Crippen MR) is 68.6 cm³/mol. The zero-order chi connectivity index (χ0) is 13.0. The summed E-state index contributed by atoms with van der Waals surface area (Å²) in [6, 6.07) is 3.19. The first-order chi connectivity index (χ1) is 7.91. The lowest BCUT2D eigenvalue weighted by Gasteiger charge is -2.28. The summed E-state index contributed by atoms with van der Waals surface area (Å²) in [6.45, 7) is 6.12. The molecule has 0 spiro atoms. The smallest absolute Gasteiger partial charge is 0.239 e. The molecule has 1 amide bonds. The van der Waals surface area contributed by atoms with Gasteiger partial charge in [-0.3, -0.25) is 4.79 Å². The van der Waals surface area contributed by atoms with Gasteiger partial charge < -0.3 is 10.6 Å². The van der Waals surface area contributed by atoms with E-state index in [1.807, 2.05) is 19.9 Å². The molecule has 1 aromatic heterocycles. The average molecular weight is 256 g/mol. The first-order valence-corrected chi connectivity index (χ1v) is 5.96. The molecule has 0 aliphatic carbocycles. The van der Waals surface area contributed by atoms with Gasteiger partial charge in [0, 0.05) is 18.8 Å². The van der Waals surface area contributed by atoms with E-state index < -0.39 is 6.04 Å². The number of hydrogen-bond acceptors (Lipinski definition) is 3. The molecule has 0 radical (unpaired) electrons. The maximum absolute atomic E-state index is 11.9. The molecule has 94 valence electrons. The first kappa shape index (κ1) is 13.9. The van der Waals surface area contributed by atoms with E-state index in [0.717, 1.165) is 5.56 Å². The quantitative estimate of drug-likeness (QED) is 0.835. The molecular weight excluding hydrogens is 238 g/mol. The predicted octanol–water partition coefficient (Wildman–Crippen LogP) is 1.82. The third kappa shape index (κ3) is 3.98. The van der Waals surface area contributed by atoms with Crippen molar-refractivity contribution in [2.75, 3.05) is 0 Å². The van der Waals surface area contributed by atoms with Crippen molar-refractivity contribution in [2.45, 2.75) is 39.4 Å². The summed E-state index contributed by atoms with van der Waals surface area (Å²) in [5, 5.41) is 0.448. The normalized spacial score (nSPS) is 12.6. The lowest BCUT2D eigenvalue weighted by atomic mass is 10.2. The number of rotatable bonds is 4. The molecule has 1 heterocycles. The van der Waals surface area contributed by atoms with E-state index in [1.54, 1.807) is 24.1 Å². The van der Waals surface area contributed by atoms with Gasteiger partial charge in [-0.2, -0.15) is 0 Å². The number of nitrogens with zero attached hydrogens (tertiary/aromatic N) is 2. The Morgan fingerprint density at radius 1 is 1.47 bits per heavy atom. The van der Waals surface area contributed by atoms with Crippen molar-refractivity contribution in [3.8, 4) is 0 Å². The van der Waals surface area contributed by atoms with Crippen LogP contribution in [0.15, 0.2) is 18.3 Å². The molecule has 0 fully saturated rings. The fourth-order valence-electron chi connectivity index (χ4n) is 1.47. The summed E-state index contributed by atoms with van der Waals surface area (Å²) >= 11 is 5.71. The van der Waals surface area contributed by atoms with Gasteiger partial charge in [0.25, 0.3) is 0 Å². The number of nitrogens with two attached hydrogens (primary N) is 1. The van der Waals surface area contributed by atoms with Crippen molar-refractivity contribution in [1.29, 1.82) is 0 Å². The van der Waals surface area contributed by atoms with Crippen LogP contribution < -0.4 is 5.73 Å². The van der Waals surface area contributed by atoms with Gasteiger partial charge in [-0.05, 0) is 32.4 Å². The van der Waals surface area contributed by atoms with Crippen LogP contribution in [0.4, 0.5) is 0 Å². The molecule has 4 nitrogen and oxygen atoms in total. The number of aromatic nitrogens is 1. The molecule has 1 aromatic rings. The van der Waals surface area contributed by atoms with E-state index in [9.17, 15) is 4.79 Å². The van der Waals surface area contributed by atoms with Gasteiger partial charge in [-0.15, -0.1) is 0 Å². The Kier molecular flexibility index (Phi) is 4.90. The summed E-state index contributed by atoms with van der Waals surface area (Å²) in [5.41, 5.74) is 6.57. The van der Waals surface area contributed by atoms with Crippen LogP contribution in [0.25, 0.3) is 0 Å². The van der Waals surface area contributed by atoms with Crippen molar-refractivity contribution in [2.24, 2.45) is 5.73 Å². The number of hydrogen-bond donors (Lipinski definition) is 1. The highest BCUT2D eigenvalue weighted by Gasteiger charge is 2.20. The van der Waals surface area contributed by atoms with Gasteiger partial charge in [0.05, 0.1) is 6.04 Å². The Morgan fingerprint density at radius 2 is 2.12 bits per heavy atom. The van der Waals surface area contributed by atoms with E-state index in [0.29, 0.717) is 11.7 Å². The standard InChI is InChI=1S/C12H18ClN3O/c1-8(2)16(12(17)9(3)14)7-10-4-5-11(13)15-6-10/h4-6,8-9H,7,14H2,1-3H3/t9-/m0/s1. The molecule has 17 heavy (non-hydrogen) atoms. The lowest BCUT2D eigenvalue weighted by Crippen LogP contribution is -2.45. The van der Waals surface area contributed by atoms with Crippen LogP contribution in [0.5, 0.6) is 0 Å². The van der Waals surface area contributed by atoms with Crippen LogP contribution >= 0.6 is 11.6 Å². The van der Waals surface area contributed by atoms with Crippen LogP contribution in [0, 0.1) is 0 Å². The summed E-state index contributed by atoms with van der Waals surface area (Å²) in [5.74, 6) is -0.0602. The first-order valence-electron chi connectivity index (χ1n) is 5.58. The molecule has 0 unspecified atom stereocenters. The molecule has 0 aliphatic heterocycles. The number of amides is 1. The third-order valence-electron chi connectivity index (χ3n) is 2.44. The summed E-state index contributed by atoms with van der Waals surface area (Å²) in [6.07, 6.45) is 1.67. The van der Waals surface area contributed by atoms with Crippen molar-refractivity contribution in [3.05, 3.63) is 29.0 Å². The molecule has 2 N–H and O–H groups in total. The average Bonchev–Trinajstić information content (AvgIpc) is 2.26. The van der Waals surface area contributed by atoms with Crippen LogP contribution in [-0.4, -0.2) is 27.9 Å². The Balaban J connectivity index is 2.80. The maximum atomic E-state index is 11.9. The summed E-state index contributed by atoms with van der Waals surface area (Å²) in [7, 11) is 0. The van der Waals surface area contributed by atoms with Crippen LogP contribution in [0.2, 0.25) is 5.15 Å². The second-order valence-electron chi connectivity index (χ2n) is 4.34. The molecule has 1 atom stereocenters. The lowest BCUT2D eigenvalue weighted by molar-refractivity contribution is -0.134. The zero-order valence-electron chi connectivity index (χ0n) is 10.4. The van der Waals surface area contributed by atoms with E-state index in [4.69, 9.17) is 17.3 Å². The highest BCUT2D eigenvalue weighted by atomic mass is 35.5. The van der Waals surface area contributed by atoms with Crippen molar-refractivity contribution >= 4 is 17.5 Å². The monoisotopic (exact) mass is 255 g/mol. The van der Waals surface area contributed by atoms with Crippen molar-refractivity contribution < 1.29 is 4.79 Å². The minimum absolute atomic E-state index is 0.0602. The zero-order valence-corrected chi connectivity index (χ0v) is 11.1. The maximum Gasteiger partial charge on any atom is 0.239 e. The number of pyridine rings is 1. The number of carbonyl (C=O) groups excluding carboxylic acids is 1. The van der Waals surface area contributed by atoms with Crippen LogP contribution in [0.1, 0.15) is 26.3 Å². The van der Waals surface area contributed by atoms with E-state index in [2.05, 4.69) is 4.98 Å². The minimum Gasteiger partial charge on any atom is -0.335 e. The molecule has 0 aromatic carbocycles. The topological polar surface area (TPSA) is 59.2 Å². The molecule has 5 heteroatoms. The minimum atomic E-state index is -0.488. The summed E-state index contributed by atoms with van der Waals surface area (Å²) in [4.78, 5) is 17.6. The fraction of sp³-hybridized carbons (Fsp3) is 0.500. The summed E-state index contributed by atoms with van der Waals surface area (Å²) < 4.78 is 0. The second kappa shape index (κ2) is 5.98. The van der Waals surface area contributed by atoms with Gasteiger partial charge in [0.1, 0.15) is 5.15 Å². The molecule has 0 bridgehead atoms. The largest absolute Gasteiger partial charge is 0.335 e. The van der Waals surface area contributed by atoms with Crippen LogP contribution in [0.3, 0.4) is 0 Å². The Morgan fingerprint density at radius 3 is 2.53 bits per heavy atom. The van der Waals surface area contributed by atoms with Gasteiger partial charge >= 0.3 is 0 Å². The van der Waals surface area contributed by atoms with Crippen molar-refractivity contribution in [1.82, 2.24) is 9.88 Å².